The standard InChI is InChI=1S/C29H28ClN3O5/c1-2-38-29(37)27(35)16-22(14-18-10-12-19(13-11-18)20-6-5-7-21(30)15-20)31-28(36)25-17-24(32-33-25)23-8-3-4-9-26(23)34/h3-13,15,17,22,27,34-35H,2,14,16H2,1H3,(H,31,36)(H,32,33). The lowest BCUT2D eigenvalue weighted by Gasteiger charge is -2.21. The molecule has 0 radical (unpaired) electrons. The summed E-state index contributed by atoms with van der Waals surface area (Å²) in [5, 5.41) is 30.8. The number of amides is 1. The number of esters is 1. The zero-order valence-electron chi connectivity index (χ0n) is 20.7. The van der Waals surface area contributed by atoms with Crippen molar-refractivity contribution < 1.29 is 24.5 Å². The maximum atomic E-state index is 13.1. The minimum Gasteiger partial charge on any atom is -0.507 e. The number of carbonyl (C=O) groups excluding carboxylic acids is 2. The number of carbonyl (C=O) groups is 2. The number of aromatic hydroxyl groups is 1. The lowest BCUT2D eigenvalue weighted by atomic mass is 9.97. The van der Waals surface area contributed by atoms with E-state index in [1.807, 2.05) is 48.5 Å². The highest BCUT2D eigenvalue weighted by atomic mass is 35.5. The van der Waals surface area contributed by atoms with Crippen LogP contribution in [0.4, 0.5) is 0 Å². The number of hydrogen-bond acceptors (Lipinski definition) is 6. The number of aliphatic hydroxyl groups excluding tert-OH is 1. The second-order valence-corrected chi connectivity index (χ2v) is 9.21. The smallest absolute Gasteiger partial charge is 0.335 e. The molecule has 2 atom stereocenters. The molecule has 2 unspecified atom stereocenters. The molecule has 1 aromatic heterocycles. The molecular formula is C29H28ClN3O5. The van der Waals surface area contributed by atoms with Gasteiger partial charge in [0.25, 0.3) is 5.91 Å². The van der Waals surface area contributed by atoms with Crippen LogP contribution in [0.2, 0.25) is 5.02 Å². The fourth-order valence-corrected chi connectivity index (χ4v) is 4.30. The van der Waals surface area contributed by atoms with E-state index < -0.39 is 24.0 Å². The first-order valence-electron chi connectivity index (χ1n) is 12.2. The zero-order valence-corrected chi connectivity index (χ0v) is 21.5. The quantitative estimate of drug-likeness (QED) is 0.218. The van der Waals surface area contributed by atoms with E-state index in [2.05, 4.69) is 15.5 Å². The largest absolute Gasteiger partial charge is 0.507 e. The summed E-state index contributed by atoms with van der Waals surface area (Å²) in [5.74, 6) is -1.16. The number of phenols is 1. The van der Waals surface area contributed by atoms with E-state index in [1.54, 1.807) is 25.1 Å². The van der Waals surface area contributed by atoms with Crippen LogP contribution in [-0.2, 0) is 16.0 Å². The Balaban J connectivity index is 1.51. The highest BCUT2D eigenvalue weighted by molar-refractivity contribution is 6.30. The van der Waals surface area contributed by atoms with Crippen LogP contribution < -0.4 is 5.32 Å². The highest BCUT2D eigenvalue weighted by Crippen LogP contribution is 2.27. The third kappa shape index (κ3) is 6.79. The van der Waals surface area contributed by atoms with Crippen molar-refractivity contribution in [3.8, 4) is 28.1 Å². The van der Waals surface area contributed by atoms with Crippen LogP contribution in [0.3, 0.4) is 0 Å². The first-order chi connectivity index (χ1) is 18.3. The van der Waals surface area contributed by atoms with Crippen LogP contribution in [0.1, 0.15) is 29.4 Å². The Morgan fingerprint density at radius 2 is 1.79 bits per heavy atom. The van der Waals surface area contributed by atoms with Crippen LogP contribution in [-0.4, -0.2) is 51.0 Å². The minimum absolute atomic E-state index is 0.0406. The molecule has 0 aliphatic rings. The lowest BCUT2D eigenvalue weighted by molar-refractivity contribution is -0.153. The average Bonchev–Trinajstić information content (AvgIpc) is 3.40. The predicted octanol–water partition coefficient (Wildman–Crippen LogP) is 4.76. The normalized spacial score (nSPS) is 12.5. The Morgan fingerprint density at radius 1 is 1.03 bits per heavy atom. The van der Waals surface area contributed by atoms with Crippen LogP contribution >= 0.6 is 11.6 Å². The molecule has 8 nitrogen and oxygen atoms in total. The van der Waals surface area contributed by atoms with Crippen molar-refractivity contribution >= 4 is 23.5 Å². The minimum atomic E-state index is -1.40. The van der Waals surface area contributed by atoms with Gasteiger partial charge in [0.15, 0.2) is 6.10 Å². The summed E-state index contributed by atoms with van der Waals surface area (Å²) in [5.41, 5.74) is 3.93. The second kappa shape index (κ2) is 12.4. The van der Waals surface area contributed by atoms with E-state index in [-0.39, 0.29) is 24.5 Å². The van der Waals surface area contributed by atoms with Gasteiger partial charge in [0.2, 0.25) is 0 Å². The van der Waals surface area contributed by atoms with Crippen molar-refractivity contribution in [2.24, 2.45) is 0 Å². The summed E-state index contributed by atoms with van der Waals surface area (Å²) in [6.07, 6.45) is -1.08. The van der Waals surface area contributed by atoms with Gasteiger partial charge in [-0.25, -0.2) is 4.79 Å². The molecule has 0 aliphatic heterocycles. The number of para-hydroxylation sites is 1. The lowest BCUT2D eigenvalue weighted by Crippen LogP contribution is -2.41. The van der Waals surface area contributed by atoms with E-state index in [0.717, 1.165) is 16.7 Å². The predicted molar refractivity (Wildman–Crippen MR) is 145 cm³/mol. The summed E-state index contributed by atoms with van der Waals surface area (Å²) in [6.45, 7) is 1.80. The van der Waals surface area contributed by atoms with Crippen LogP contribution in [0, 0.1) is 0 Å². The molecular weight excluding hydrogens is 506 g/mol. The molecule has 9 heteroatoms. The number of phenolic OH excluding ortho intramolecular Hbond substituents is 1. The molecule has 0 saturated carbocycles. The molecule has 1 amide bonds. The number of rotatable bonds is 10. The molecule has 196 valence electrons. The summed E-state index contributed by atoms with van der Waals surface area (Å²) in [6, 6.07) is 22.9. The number of aliphatic hydroxyl groups is 1. The van der Waals surface area contributed by atoms with Crippen molar-refractivity contribution in [2.45, 2.75) is 31.9 Å². The van der Waals surface area contributed by atoms with Gasteiger partial charge in [-0.2, -0.15) is 5.10 Å². The fourth-order valence-electron chi connectivity index (χ4n) is 4.11. The summed E-state index contributed by atoms with van der Waals surface area (Å²) >= 11 is 6.11. The maximum Gasteiger partial charge on any atom is 0.335 e. The molecule has 0 spiro atoms. The van der Waals surface area contributed by atoms with Crippen molar-refractivity contribution in [2.75, 3.05) is 6.61 Å². The molecule has 1 heterocycles. The second-order valence-electron chi connectivity index (χ2n) is 8.77. The van der Waals surface area contributed by atoms with Gasteiger partial charge in [0.05, 0.1) is 12.3 Å². The number of halogens is 1. The van der Waals surface area contributed by atoms with Crippen LogP contribution in [0.15, 0.2) is 78.9 Å². The Morgan fingerprint density at radius 3 is 2.50 bits per heavy atom. The number of benzene rings is 3. The van der Waals surface area contributed by atoms with Gasteiger partial charge in [-0.15, -0.1) is 0 Å². The van der Waals surface area contributed by atoms with E-state index >= 15 is 0 Å². The molecule has 0 saturated heterocycles. The van der Waals surface area contributed by atoms with Crippen molar-refractivity contribution in [1.29, 1.82) is 0 Å². The summed E-state index contributed by atoms with van der Waals surface area (Å²) in [4.78, 5) is 25.1. The van der Waals surface area contributed by atoms with E-state index in [4.69, 9.17) is 16.3 Å². The summed E-state index contributed by atoms with van der Waals surface area (Å²) < 4.78 is 4.93. The molecule has 0 fully saturated rings. The average molecular weight is 534 g/mol. The van der Waals surface area contributed by atoms with Crippen molar-refractivity contribution in [3.05, 3.63) is 95.1 Å². The molecule has 4 rings (SSSR count). The van der Waals surface area contributed by atoms with Gasteiger partial charge < -0.3 is 20.3 Å². The number of nitrogens with one attached hydrogen (secondary N) is 2. The third-order valence-corrected chi connectivity index (χ3v) is 6.23. The number of ether oxygens (including phenoxy) is 1. The maximum absolute atomic E-state index is 13.1. The van der Waals surface area contributed by atoms with Gasteiger partial charge in [-0.1, -0.05) is 60.1 Å². The molecule has 0 aliphatic carbocycles. The Hall–Kier alpha value is -4.14. The van der Waals surface area contributed by atoms with Crippen LogP contribution in [0.5, 0.6) is 5.75 Å². The molecule has 4 aromatic rings. The Bertz CT molecular complexity index is 1400. The molecule has 38 heavy (non-hydrogen) atoms. The fraction of sp³-hybridized carbons (Fsp3) is 0.207. The van der Waals surface area contributed by atoms with Gasteiger partial charge in [-0.05, 0) is 60.4 Å². The Kier molecular flexibility index (Phi) is 8.78. The van der Waals surface area contributed by atoms with Crippen molar-refractivity contribution in [3.63, 3.8) is 0 Å². The molecule has 4 N–H and O–H groups in total. The third-order valence-electron chi connectivity index (χ3n) is 6.00. The Labute approximate surface area is 225 Å². The van der Waals surface area contributed by atoms with Gasteiger partial charge >= 0.3 is 5.97 Å². The first-order valence-corrected chi connectivity index (χ1v) is 12.6. The van der Waals surface area contributed by atoms with Gasteiger partial charge in [0.1, 0.15) is 11.4 Å². The summed E-state index contributed by atoms with van der Waals surface area (Å²) in [7, 11) is 0. The highest BCUT2D eigenvalue weighted by Gasteiger charge is 2.25. The van der Waals surface area contributed by atoms with Gasteiger partial charge in [0, 0.05) is 23.0 Å². The van der Waals surface area contributed by atoms with E-state index in [9.17, 15) is 19.8 Å². The van der Waals surface area contributed by atoms with Crippen LogP contribution in [0.25, 0.3) is 22.4 Å². The number of aromatic nitrogens is 2. The SMILES string of the molecule is CCOC(=O)C(O)CC(Cc1ccc(-c2cccc(Cl)c2)cc1)NC(=O)c1cc(-c2ccccc2O)n[nH]1. The van der Waals surface area contributed by atoms with E-state index in [0.29, 0.717) is 22.7 Å². The number of hydrogen-bond donors (Lipinski definition) is 4. The number of aromatic amines is 1. The molecule has 0 bridgehead atoms. The zero-order chi connectivity index (χ0) is 27.1. The van der Waals surface area contributed by atoms with Crippen molar-refractivity contribution in [1.82, 2.24) is 15.5 Å². The topological polar surface area (TPSA) is 125 Å². The van der Waals surface area contributed by atoms with E-state index in [1.165, 1.54) is 12.1 Å². The molecule has 3 aromatic carbocycles. The first kappa shape index (κ1) is 26.9. The monoisotopic (exact) mass is 533 g/mol. The van der Waals surface area contributed by atoms with Gasteiger partial charge in [-0.3, -0.25) is 9.89 Å². The number of H-pyrrole nitrogens is 1. The number of nitrogens with zero attached hydrogens (tertiary/aromatic N) is 1.